The number of aromatic nitrogens is 4. The summed E-state index contributed by atoms with van der Waals surface area (Å²) in [6.45, 7) is 1.75. The summed E-state index contributed by atoms with van der Waals surface area (Å²) in [6.07, 6.45) is 1.66. The van der Waals surface area contributed by atoms with Crippen molar-refractivity contribution in [3.63, 3.8) is 0 Å². The number of piperazine rings is 1. The summed E-state index contributed by atoms with van der Waals surface area (Å²) < 4.78 is 1.86. The zero-order valence-electron chi connectivity index (χ0n) is 11.8. The van der Waals surface area contributed by atoms with Gasteiger partial charge in [-0.05, 0) is 12.1 Å². The highest BCUT2D eigenvalue weighted by atomic mass is 35.5. The third-order valence-electron chi connectivity index (χ3n) is 3.58. The smallest absolute Gasteiger partial charge is 0.242 e. The molecule has 1 aliphatic rings. The van der Waals surface area contributed by atoms with Crippen LogP contribution in [0.2, 0.25) is 5.15 Å². The lowest BCUT2D eigenvalue weighted by molar-refractivity contribution is -0.129. The number of carbonyl (C=O) groups excluding carboxylic acids is 1. The Labute approximate surface area is 127 Å². The standard InChI is InChI=1S/C13H15ClN6O/c1-18-5-6-20(8-11(18)21)13-17-16-12(19(13)2)9-3-4-10(14)15-7-9/h3-4,7H,5-6,8H2,1-2H3. The second kappa shape index (κ2) is 5.33. The summed E-state index contributed by atoms with van der Waals surface area (Å²) in [5.74, 6) is 1.46. The number of anilines is 1. The van der Waals surface area contributed by atoms with Gasteiger partial charge in [-0.3, -0.25) is 9.36 Å². The largest absolute Gasteiger partial charge is 0.342 e. The molecular formula is C13H15ClN6O. The van der Waals surface area contributed by atoms with E-state index in [-0.39, 0.29) is 5.91 Å². The summed E-state index contributed by atoms with van der Waals surface area (Å²) in [6, 6.07) is 3.56. The van der Waals surface area contributed by atoms with Gasteiger partial charge in [0.1, 0.15) is 5.15 Å². The van der Waals surface area contributed by atoms with Crippen LogP contribution in [0.4, 0.5) is 5.95 Å². The van der Waals surface area contributed by atoms with Crippen LogP contribution in [0.5, 0.6) is 0 Å². The first kappa shape index (κ1) is 13.8. The molecule has 110 valence electrons. The predicted octanol–water partition coefficient (Wildman–Crippen LogP) is 0.809. The van der Waals surface area contributed by atoms with Gasteiger partial charge in [0.15, 0.2) is 5.82 Å². The van der Waals surface area contributed by atoms with Crippen molar-refractivity contribution in [3.05, 3.63) is 23.5 Å². The second-order valence-corrected chi connectivity index (χ2v) is 5.38. The lowest BCUT2D eigenvalue weighted by atomic mass is 10.3. The van der Waals surface area contributed by atoms with Gasteiger partial charge in [-0.1, -0.05) is 11.6 Å². The molecule has 0 saturated carbocycles. The van der Waals surface area contributed by atoms with Gasteiger partial charge in [0, 0.05) is 38.9 Å². The van der Waals surface area contributed by atoms with E-state index in [0.29, 0.717) is 30.0 Å². The van der Waals surface area contributed by atoms with E-state index in [1.165, 1.54) is 0 Å². The highest BCUT2D eigenvalue weighted by molar-refractivity contribution is 6.29. The fraction of sp³-hybridized carbons (Fsp3) is 0.385. The van der Waals surface area contributed by atoms with Gasteiger partial charge < -0.3 is 9.80 Å². The normalized spacial score (nSPS) is 15.7. The minimum absolute atomic E-state index is 0.0824. The summed E-state index contributed by atoms with van der Waals surface area (Å²) in [5.41, 5.74) is 0.834. The molecule has 1 saturated heterocycles. The van der Waals surface area contributed by atoms with Gasteiger partial charge in [0.25, 0.3) is 0 Å². The van der Waals surface area contributed by atoms with E-state index in [1.807, 2.05) is 22.6 Å². The first-order chi connectivity index (χ1) is 10.1. The van der Waals surface area contributed by atoms with Gasteiger partial charge in [0.05, 0.1) is 6.54 Å². The fourth-order valence-electron chi connectivity index (χ4n) is 2.28. The number of nitrogens with zero attached hydrogens (tertiary/aromatic N) is 6. The average Bonchev–Trinajstić information content (AvgIpc) is 2.85. The van der Waals surface area contributed by atoms with Crippen LogP contribution in [0.25, 0.3) is 11.4 Å². The molecule has 0 spiro atoms. The third kappa shape index (κ3) is 2.56. The molecule has 0 atom stereocenters. The Hall–Kier alpha value is -2.15. The van der Waals surface area contributed by atoms with Gasteiger partial charge in [0.2, 0.25) is 11.9 Å². The zero-order valence-corrected chi connectivity index (χ0v) is 12.6. The van der Waals surface area contributed by atoms with Gasteiger partial charge in [-0.25, -0.2) is 4.98 Å². The predicted molar refractivity (Wildman–Crippen MR) is 79.1 cm³/mol. The molecule has 2 aromatic rings. The maximum atomic E-state index is 11.8. The minimum Gasteiger partial charge on any atom is -0.342 e. The molecule has 2 aromatic heterocycles. The minimum atomic E-state index is 0.0824. The number of pyridine rings is 1. The number of hydrogen-bond acceptors (Lipinski definition) is 5. The van der Waals surface area contributed by atoms with Crippen molar-refractivity contribution in [2.75, 3.05) is 31.6 Å². The van der Waals surface area contributed by atoms with E-state index in [0.717, 1.165) is 12.1 Å². The van der Waals surface area contributed by atoms with Crippen LogP contribution in [-0.2, 0) is 11.8 Å². The van der Waals surface area contributed by atoms with Gasteiger partial charge >= 0.3 is 0 Å². The highest BCUT2D eigenvalue weighted by Gasteiger charge is 2.25. The number of rotatable bonds is 2. The van der Waals surface area contributed by atoms with Crippen molar-refractivity contribution in [1.82, 2.24) is 24.6 Å². The molecule has 8 heteroatoms. The molecule has 0 N–H and O–H groups in total. The van der Waals surface area contributed by atoms with Crippen LogP contribution in [0.3, 0.4) is 0 Å². The molecule has 0 aliphatic carbocycles. The van der Waals surface area contributed by atoms with Crippen LogP contribution in [-0.4, -0.2) is 57.2 Å². The van der Waals surface area contributed by atoms with Crippen molar-refractivity contribution in [2.24, 2.45) is 7.05 Å². The first-order valence-corrected chi connectivity index (χ1v) is 6.94. The van der Waals surface area contributed by atoms with Crippen molar-refractivity contribution < 1.29 is 4.79 Å². The molecular weight excluding hydrogens is 292 g/mol. The molecule has 7 nitrogen and oxygen atoms in total. The maximum absolute atomic E-state index is 11.8. The van der Waals surface area contributed by atoms with E-state index >= 15 is 0 Å². The Morgan fingerprint density at radius 2 is 2.00 bits per heavy atom. The van der Waals surface area contributed by atoms with E-state index in [4.69, 9.17) is 11.6 Å². The maximum Gasteiger partial charge on any atom is 0.242 e. The second-order valence-electron chi connectivity index (χ2n) is 4.99. The van der Waals surface area contributed by atoms with Crippen molar-refractivity contribution in [2.45, 2.75) is 0 Å². The van der Waals surface area contributed by atoms with Crippen molar-refractivity contribution in [1.29, 1.82) is 0 Å². The Morgan fingerprint density at radius 3 is 2.67 bits per heavy atom. The zero-order chi connectivity index (χ0) is 15.0. The van der Waals surface area contributed by atoms with Crippen LogP contribution in [0.15, 0.2) is 18.3 Å². The average molecular weight is 307 g/mol. The Kier molecular flexibility index (Phi) is 3.50. The number of carbonyl (C=O) groups is 1. The monoisotopic (exact) mass is 306 g/mol. The molecule has 1 amide bonds. The summed E-state index contributed by atoms with van der Waals surface area (Å²) >= 11 is 5.79. The topological polar surface area (TPSA) is 67.2 Å². The number of amides is 1. The van der Waals surface area contributed by atoms with Gasteiger partial charge in [-0.2, -0.15) is 0 Å². The van der Waals surface area contributed by atoms with Crippen molar-refractivity contribution >= 4 is 23.5 Å². The first-order valence-electron chi connectivity index (χ1n) is 6.56. The fourth-order valence-corrected chi connectivity index (χ4v) is 2.40. The van der Waals surface area contributed by atoms with E-state index in [9.17, 15) is 4.79 Å². The molecule has 1 fully saturated rings. The molecule has 21 heavy (non-hydrogen) atoms. The molecule has 1 aliphatic heterocycles. The molecule has 0 bridgehead atoms. The van der Waals surface area contributed by atoms with E-state index < -0.39 is 0 Å². The number of halogens is 1. The number of hydrogen-bond donors (Lipinski definition) is 0. The van der Waals surface area contributed by atoms with Crippen LogP contribution >= 0.6 is 11.6 Å². The Morgan fingerprint density at radius 1 is 1.19 bits per heavy atom. The molecule has 0 radical (unpaired) electrons. The summed E-state index contributed by atoms with van der Waals surface area (Å²) in [7, 11) is 3.68. The van der Waals surface area contributed by atoms with E-state index in [2.05, 4.69) is 15.2 Å². The quantitative estimate of drug-likeness (QED) is 0.768. The highest BCUT2D eigenvalue weighted by Crippen LogP contribution is 2.22. The molecule has 0 aromatic carbocycles. The Bertz CT molecular complexity index is 668. The lowest BCUT2D eigenvalue weighted by Crippen LogP contribution is -2.49. The molecule has 3 heterocycles. The summed E-state index contributed by atoms with van der Waals surface area (Å²) in [5, 5.41) is 8.84. The lowest BCUT2D eigenvalue weighted by Gasteiger charge is -2.32. The molecule has 3 rings (SSSR count). The summed E-state index contributed by atoms with van der Waals surface area (Å²) in [4.78, 5) is 19.5. The SMILES string of the molecule is CN1CCN(c2nnc(-c3ccc(Cl)nc3)n2C)CC1=O. The van der Waals surface area contributed by atoms with Crippen LogP contribution in [0.1, 0.15) is 0 Å². The number of likely N-dealkylation sites (N-methyl/N-ethyl adjacent to an activating group) is 1. The van der Waals surface area contributed by atoms with Crippen molar-refractivity contribution in [3.8, 4) is 11.4 Å². The Balaban J connectivity index is 1.89. The van der Waals surface area contributed by atoms with Gasteiger partial charge in [-0.15, -0.1) is 10.2 Å². The third-order valence-corrected chi connectivity index (χ3v) is 3.80. The van der Waals surface area contributed by atoms with Crippen LogP contribution < -0.4 is 4.90 Å². The van der Waals surface area contributed by atoms with E-state index in [1.54, 1.807) is 24.2 Å². The molecule has 0 unspecified atom stereocenters. The van der Waals surface area contributed by atoms with Crippen LogP contribution in [0, 0.1) is 0 Å².